The number of fused-ring (bicyclic) bond motifs is 1. The molecule has 1 amide bonds. The van der Waals surface area contributed by atoms with Gasteiger partial charge in [0.25, 0.3) is 5.91 Å². The van der Waals surface area contributed by atoms with E-state index in [4.69, 9.17) is 4.74 Å². The van der Waals surface area contributed by atoms with E-state index in [-0.39, 0.29) is 5.91 Å². The summed E-state index contributed by atoms with van der Waals surface area (Å²) in [6.07, 6.45) is 0. The SMILES string of the molecule is CCN(CC)c1nc2ccccc2nc1C(=O)Nc1ccc(OC)cc1. The quantitative estimate of drug-likeness (QED) is 0.733. The summed E-state index contributed by atoms with van der Waals surface area (Å²) in [5.74, 6) is 1.05. The monoisotopic (exact) mass is 350 g/mol. The van der Waals surface area contributed by atoms with Crippen molar-refractivity contribution in [2.75, 3.05) is 30.4 Å². The van der Waals surface area contributed by atoms with Gasteiger partial charge in [0.15, 0.2) is 11.5 Å². The zero-order valence-corrected chi connectivity index (χ0v) is 15.2. The third-order valence-corrected chi connectivity index (χ3v) is 4.18. The number of rotatable bonds is 6. The van der Waals surface area contributed by atoms with Crippen LogP contribution in [0.1, 0.15) is 24.3 Å². The van der Waals surface area contributed by atoms with Crippen LogP contribution >= 0.6 is 0 Å². The average molecular weight is 350 g/mol. The van der Waals surface area contributed by atoms with Crippen LogP contribution in [0.2, 0.25) is 0 Å². The van der Waals surface area contributed by atoms with Gasteiger partial charge in [-0.25, -0.2) is 9.97 Å². The average Bonchev–Trinajstić information content (AvgIpc) is 2.69. The van der Waals surface area contributed by atoms with Gasteiger partial charge in [0.1, 0.15) is 5.75 Å². The van der Waals surface area contributed by atoms with Gasteiger partial charge in [-0.1, -0.05) is 12.1 Å². The topological polar surface area (TPSA) is 67.4 Å². The van der Waals surface area contributed by atoms with Crippen molar-refractivity contribution in [2.24, 2.45) is 0 Å². The van der Waals surface area contributed by atoms with Crippen molar-refractivity contribution in [1.82, 2.24) is 9.97 Å². The Bertz CT molecular complexity index is 905. The highest BCUT2D eigenvalue weighted by Gasteiger charge is 2.20. The van der Waals surface area contributed by atoms with Gasteiger partial charge < -0.3 is 15.0 Å². The number of hydrogen-bond acceptors (Lipinski definition) is 5. The first-order valence-corrected chi connectivity index (χ1v) is 8.63. The minimum absolute atomic E-state index is 0.282. The van der Waals surface area contributed by atoms with Crippen LogP contribution in [-0.2, 0) is 0 Å². The largest absolute Gasteiger partial charge is 0.497 e. The molecule has 6 nitrogen and oxygen atoms in total. The van der Waals surface area contributed by atoms with Crippen LogP contribution in [-0.4, -0.2) is 36.1 Å². The molecule has 0 saturated carbocycles. The molecule has 1 aromatic heterocycles. The molecule has 0 aliphatic carbocycles. The van der Waals surface area contributed by atoms with Gasteiger partial charge in [-0.2, -0.15) is 0 Å². The number of ether oxygens (including phenoxy) is 1. The van der Waals surface area contributed by atoms with Crippen LogP contribution < -0.4 is 15.0 Å². The van der Waals surface area contributed by atoms with Gasteiger partial charge in [-0.15, -0.1) is 0 Å². The Balaban J connectivity index is 2.00. The van der Waals surface area contributed by atoms with Crippen LogP contribution in [0, 0.1) is 0 Å². The van der Waals surface area contributed by atoms with Crippen LogP contribution in [0.25, 0.3) is 11.0 Å². The highest BCUT2D eigenvalue weighted by atomic mass is 16.5. The zero-order chi connectivity index (χ0) is 18.5. The standard InChI is InChI=1S/C20H22N4O2/c1-4-24(5-2)19-18(22-16-8-6-7-9-17(16)23-19)20(25)21-14-10-12-15(26-3)13-11-14/h6-13H,4-5H2,1-3H3,(H,21,25). The Morgan fingerprint density at radius 2 is 1.62 bits per heavy atom. The van der Waals surface area contributed by atoms with Crippen LogP contribution in [0.15, 0.2) is 48.5 Å². The molecule has 0 aliphatic heterocycles. The first kappa shape index (κ1) is 17.7. The van der Waals surface area contributed by atoms with E-state index in [0.29, 0.717) is 22.7 Å². The molecule has 0 spiro atoms. The highest BCUT2D eigenvalue weighted by Crippen LogP contribution is 2.22. The molecule has 1 heterocycles. The summed E-state index contributed by atoms with van der Waals surface area (Å²) in [4.78, 5) is 24.2. The predicted octanol–water partition coefficient (Wildman–Crippen LogP) is 3.74. The lowest BCUT2D eigenvalue weighted by Crippen LogP contribution is -2.27. The fraction of sp³-hybridized carbons (Fsp3) is 0.250. The van der Waals surface area contributed by atoms with Crippen molar-refractivity contribution in [3.05, 3.63) is 54.2 Å². The molecule has 0 atom stereocenters. The molecule has 0 fully saturated rings. The number of nitrogens with one attached hydrogen (secondary N) is 1. The lowest BCUT2D eigenvalue weighted by atomic mass is 10.2. The second kappa shape index (κ2) is 7.82. The first-order chi connectivity index (χ1) is 12.7. The molecule has 1 N–H and O–H groups in total. The number of carbonyl (C=O) groups is 1. The highest BCUT2D eigenvalue weighted by molar-refractivity contribution is 6.07. The summed E-state index contributed by atoms with van der Waals surface area (Å²) in [5.41, 5.74) is 2.47. The minimum Gasteiger partial charge on any atom is -0.497 e. The fourth-order valence-corrected chi connectivity index (χ4v) is 2.75. The number of carbonyl (C=O) groups excluding carboxylic acids is 1. The number of para-hydroxylation sites is 2. The molecule has 26 heavy (non-hydrogen) atoms. The van der Waals surface area contributed by atoms with Gasteiger partial charge in [-0.3, -0.25) is 4.79 Å². The normalized spacial score (nSPS) is 10.6. The molecule has 134 valence electrons. The van der Waals surface area contributed by atoms with Crippen molar-refractivity contribution in [3.63, 3.8) is 0 Å². The van der Waals surface area contributed by atoms with Crippen molar-refractivity contribution in [3.8, 4) is 5.75 Å². The van der Waals surface area contributed by atoms with E-state index in [1.54, 1.807) is 31.4 Å². The van der Waals surface area contributed by atoms with Gasteiger partial charge in [0.05, 0.1) is 18.1 Å². The number of methoxy groups -OCH3 is 1. The minimum atomic E-state index is -0.282. The molecule has 0 aliphatic rings. The van der Waals surface area contributed by atoms with Crippen LogP contribution in [0.4, 0.5) is 11.5 Å². The van der Waals surface area contributed by atoms with Crippen LogP contribution in [0.5, 0.6) is 5.75 Å². The van der Waals surface area contributed by atoms with Gasteiger partial charge in [0.2, 0.25) is 0 Å². The molecule has 3 rings (SSSR count). The summed E-state index contributed by atoms with van der Waals surface area (Å²) in [6, 6.07) is 14.8. The molecular weight excluding hydrogens is 328 g/mol. The third kappa shape index (κ3) is 3.59. The number of amides is 1. The van der Waals surface area contributed by atoms with Gasteiger partial charge in [-0.05, 0) is 50.2 Å². The summed E-state index contributed by atoms with van der Waals surface area (Å²) < 4.78 is 5.14. The third-order valence-electron chi connectivity index (χ3n) is 4.18. The maximum absolute atomic E-state index is 12.9. The molecule has 2 aromatic carbocycles. The number of anilines is 2. The summed E-state index contributed by atoms with van der Waals surface area (Å²) in [5, 5.41) is 2.89. The summed E-state index contributed by atoms with van der Waals surface area (Å²) in [7, 11) is 1.61. The van der Waals surface area contributed by atoms with E-state index in [1.807, 2.05) is 43.0 Å². The Kier molecular flexibility index (Phi) is 5.31. The smallest absolute Gasteiger partial charge is 0.278 e. The van der Waals surface area contributed by atoms with E-state index in [9.17, 15) is 4.79 Å². The van der Waals surface area contributed by atoms with Gasteiger partial charge >= 0.3 is 0 Å². The van der Waals surface area contributed by atoms with Crippen molar-refractivity contribution in [2.45, 2.75) is 13.8 Å². The molecule has 0 unspecified atom stereocenters. The second-order valence-corrected chi connectivity index (χ2v) is 5.74. The fourth-order valence-electron chi connectivity index (χ4n) is 2.75. The molecule has 0 bridgehead atoms. The number of nitrogens with zero attached hydrogens (tertiary/aromatic N) is 3. The summed E-state index contributed by atoms with van der Waals surface area (Å²) in [6.45, 7) is 5.55. The van der Waals surface area contributed by atoms with E-state index in [2.05, 4.69) is 15.3 Å². The number of benzene rings is 2. The second-order valence-electron chi connectivity index (χ2n) is 5.74. The maximum atomic E-state index is 12.9. The van der Waals surface area contributed by atoms with Gasteiger partial charge in [0, 0.05) is 18.8 Å². The van der Waals surface area contributed by atoms with Crippen molar-refractivity contribution >= 4 is 28.4 Å². The Morgan fingerprint density at radius 3 is 2.19 bits per heavy atom. The van der Waals surface area contributed by atoms with Crippen molar-refractivity contribution in [1.29, 1.82) is 0 Å². The lowest BCUT2D eigenvalue weighted by molar-refractivity contribution is 0.102. The Labute approximate surface area is 152 Å². The van der Waals surface area contributed by atoms with Crippen LogP contribution in [0.3, 0.4) is 0 Å². The number of aromatic nitrogens is 2. The maximum Gasteiger partial charge on any atom is 0.278 e. The number of hydrogen-bond donors (Lipinski definition) is 1. The van der Waals surface area contributed by atoms with Crippen molar-refractivity contribution < 1.29 is 9.53 Å². The van der Waals surface area contributed by atoms with E-state index >= 15 is 0 Å². The van der Waals surface area contributed by atoms with E-state index < -0.39 is 0 Å². The van der Waals surface area contributed by atoms with E-state index in [0.717, 1.165) is 24.4 Å². The Morgan fingerprint density at radius 1 is 1.00 bits per heavy atom. The first-order valence-electron chi connectivity index (χ1n) is 8.63. The Hall–Kier alpha value is -3.15. The molecule has 0 radical (unpaired) electrons. The predicted molar refractivity (Wildman–Crippen MR) is 104 cm³/mol. The molecular formula is C20H22N4O2. The molecule has 6 heteroatoms. The summed E-state index contributed by atoms with van der Waals surface area (Å²) >= 11 is 0. The molecule has 3 aromatic rings. The lowest BCUT2D eigenvalue weighted by Gasteiger charge is -2.22. The molecule has 0 saturated heterocycles. The zero-order valence-electron chi connectivity index (χ0n) is 15.2. The van der Waals surface area contributed by atoms with E-state index in [1.165, 1.54) is 0 Å².